The van der Waals surface area contributed by atoms with Gasteiger partial charge >= 0.3 is 0 Å². The fourth-order valence-corrected chi connectivity index (χ4v) is 8.67. The second-order valence-corrected chi connectivity index (χ2v) is 11.9. The van der Waals surface area contributed by atoms with Crippen LogP contribution in [0, 0.1) is 6.92 Å². The van der Waals surface area contributed by atoms with E-state index in [1.807, 2.05) is 11.3 Å². The van der Waals surface area contributed by atoms with Crippen LogP contribution < -0.4 is 9.80 Å². The highest BCUT2D eigenvalue weighted by Crippen LogP contribution is 2.66. The molecule has 5 aromatic carbocycles. The molecule has 40 heavy (non-hydrogen) atoms. The molecule has 0 radical (unpaired) electrons. The first kappa shape index (κ1) is 22.2. The van der Waals surface area contributed by atoms with Crippen LogP contribution in [0.4, 0.5) is 28.4 Å². The van der Waals surface area contributed by atoms with Crippen LogP contribution >= 0.6 is 11.3 Å². The van der Waals surface area contributed by atoms with Crippen molar-refractivity contribution in [2.24, 2.45) is 0 Å². The molecule has 0 saturated heterocycles. The summed E-state index contributed by atoms with van der Waals surface area (Å²) >= 11 is 1.92. The first-order valence-electron chi connectivity index (χ1n) is 13.9. The van der Waals surface area contributed by atoms with Crippen molar-refractivity contribution in [2.75, 3.05) is 9.80 Å². The number of para-hydroxylation sites is 3. The van der Waals surface area contributed by atoms with E-state index in [-0.39, 0.29) is 0 Å². The molecule has 0 N–H and O–H groups in total. The van der Waals surface area contributed by atoms with Gasteiger partial charge in [0.05, 0.1) is 22.5 Å². The van der Waals surface area contributed by atoms with Gasteiger partial charge in [-0.2, -0.15) is 0 Å². The lowest BCUT2D eigenvalue weighted by atomic mass is 9.62. The Labute approximate surface area is 238 Å². The quantitative estimate of drug-likeness (QED) is 0.208. The topological polar surface area (TPSA) is 6.48 Å². The summed E-state index contributed by atoms with van der Waals surface area (Å²) in [5, 5.41) is 2.40. The van der Waals surface area contributed by atoms with Crippen molar-refractivity contribution >= 4 is 39.8 Å². The number of fused-ring (bicyclic) bond motifs is 10. The lowest BCUT2D eigenvalue weighted by Gasteiger charge is -2.51. The van der Waals surface area contributed by atoms with Crippen molar-refractivity contribution in [2.45, 2.75) is 18.9 Å². The second kappa shape index (κ2) is 7.97. The third-order valence-electron chi connectivity index (χ3n) is 9.00. The van der Waals surface area contributed by atoms with Crippen molar-refractivity contribution in [3.05, 3.63) is 159 Å². The molecule has 1 aromatic heterocycles. The predicted octanol–water partition coefficient (Wildman–Crippen LogP) is 9.85. The molecule has 1 spiro atoms. The van der Waals surface area contributed by atoms with Crippen LogP contribution in [0.15, 0.2) is 127 Å². The summed E-state index contributed by atoms with van der Waals surface area (Å²) in [6.45, 7) is 3.04. The van der Waals surface area contributed by atoms with Crippen LogP contribution in [-0.4, -0.2) is 0 Å². The Morgan fingerprint density at radius 2 is 1.18 bits per heavy atom. The van der Waals surface area contributed by atoms with E-state index in [1.165, 1.54) is 72.3 Å². The molecule has 0 aliphatic carbocycles. The van der Waals surface area contributed by atoms with E-state index >= 15 is 0 Å². The first-order chi connectivity index (χ1) is 19.8. The molecular weight excluding hydrogens is 504 g/mol. The van der Waals surface area contributed by atoms with Gasteiger partial charge in [-0.3, -0.25) is 0 Å². The SMILES string of the molecule is Cc1ccc(N2c3ccccc3C3(c4ccccc4N4Cc5ccccc5-c5csc3c54)c3ccccc32)cc1. The van der Waals surface area contributed by atoms with Gasteiger partial charge in [0.1, 0.15) is 0 Å². The van der Waals surface area contributed by atoms with Gasteiger partial charge in [0.25, 0.3) is 0 Å². The Balaban J connectivity index is 1.43. The average Bonchev–Trinajstić information content (AvgIpc) is 3.46. The highest BCUT2D eigenvalue weighted by molar-refractivity contribution is 7.11. The smallest absolute Gasteiger partial charge is 0.0876 e. The maximum atomic E-state index is 2.57. The minimum absolute atomic E-state index is 0.411. The van der Waals surface area contributed by atoms with E-state index < -0.39 is 5.41 Å². The summed E-state index contributed by atoms with van der Waals surface area (Å²) in [6.07, 6.45) is 0. The lowest BCUT2D eigenvalue weighted by molar-refractivity contribution is 0.720. The van der Waals surface area contributed by atoms with Crippen molar-refractivity contribution in [3.8, 4) is 11.1 Å². The molecule has 0 unspecified atom stereocenters. The molecule has 3 aliphatic heterocycles. The molecular formula is C37H26N2S. The van der Waals surface area contributed by atoms with Crippen LogP contribution in [0.3, 0.4) is 0 Å². The number of hydrogen-bond donors (Lipinski definition) is 0. The molecule has 4 heterocycles. The van der Waals surface area contributed by atoms with Crippen LogP contribution in [0.25, 0.3) is 11.1 Å². The molecule has 0 bridgehead atoms. The summed E-state index contributed by atoms with van der Waals surface area (Å²) in [5.41, 5.74) is 15.3. The molecule has 9 rings (SSSR count). The number of thiophene rings is 1. The van der Waals surface area contributed by atoms with E-state index in [0.29, 0.717) is 0 Å². The van der Waals surface area contributed by atoms with Gasteiger partial charge in [0.2, 0.25) is 0 Å². The largest absolute Gasteiger partial charge is 0.335 e. The van der Waals surface area contributed by atoms with E-state index in [4.69, 9.17) is 0 Å². The highest BCUT2D eigenvalue weighted by Gasteiger charge is 2.53. The van der Waals surface area contributed by atoms with Gasteiger partial charge in [-0.05, 0) is 65.1 Å². The van der Waals surface area contributed by atoms with Gasteiger partial charge in [-0.25, -0.2) is 0 Å². The molecule has 3 aliphatic rings. The third kappa shape index (κ3) is 2.68. The lowest BCUT2D eigenvalue weighted by Crippen LogP contribution is -2.42. The van der Waals surface area contributed by atoms with Gasteiger partial charge in [0, 0.05) is 33.7 Å². The van der Waals surface area contributed by atoms with Crippen LogP contribution in [0.5, 0.6) is 0 Å². The average molecular weight is 531 g/mol. The second-order valence-electron chi connectivity index (χ2n) is 11.0. The van der Waals surface area contributed by atoms with Crippen LogP contribution in [0.2, 0.25) is 0 Å². The minimum atomic E-state index is -0.411. The summed E-state index contributed by atoms with van der Waals surface area (Å²) in [5.74, 6) is 0. The summed E-state index contributed by atoms with van der Waals surface area (Å²) in [6, 6.07) is 45.1. The van der Waals surface area contributed by atoms with Gasteiger partial charge in [-0.1, -0.05) is 96.6 Å². The Hall–Kier alpha value is -4.60. The Bertz CT molecular complexity index is 1920. The van der Waals surface area contributed by atoms with Crippen LogP contribution in [0.1, 0.15) is 32.7 Å². The fourth-order valence-electron chi connectivity index (χ4n) is 7.35. The van der Waals surface area contributed by atoms with Crippen LogP contribution in [-0.2, 0) is 12.0 Å². The maximum absolute atomic E-state index is 2.57. The molecule has 6 aromatic rings. The Morgan fingerprint density at radius 3 is 1.88 bits per heavy atom. The molecule has 2 nitrogen and oxygen atoms in total. The maximum Gasteiger partial charge on any atom is 0.0876 e. The van der Waals surface area contributed by atoms with Crippen molar-refractivity contribution in [1.82, 2.24) is 0 Å². The van der Waals surface area contributed by atoms with E-state index in [2.05, 4.69) is 143 Å². The van der Waals surface area contributed by atoms with E-state index in [9.17, 15) is 0 Å². The fraction of sp³-hybridized carbons (Fsp3) is 0.0811. The van der Waals surface area contributed by atoms with E-state index in [0.717, 1.165) is 6.54 Å². The molecule has 0 atom stereocenters. The Kier molecular flexibility index (Phi) is 4.43. The monoisotopic (exact) mass is 530 g/mol. The number of benzene rings is 5. The molecule has 0 saturated carbocycles. The standard InChI is InChI=1S/C37H26N2S/c1-24-18-20-26(21-19-24)39-33-16-8-5-13-30(33)37(31-14-6-9-17-34(31)39)29-12-4-7-15-32(29)38-22-25-10-2-3-11-27(25)28-23-40-36(37)35(28)38/h2-21,23H,22H2,1H3. The number of aryl methyl sites for hydroxylation is 1. The summed E-state index contributed by atoms with van der Waals surface area (Å²) < 4.78 is 0. The normalized spacial score (nSPS) is 15.1. The molecule has 190 valence electrons. The van der Waals surface area contributed by atoms with Crippen molar-refractivity contribution in [3.63, 3.8) is 0 Å². The molecule has 3 heteroatoms. The zero-order valence-corrected chi connectivity index (χ0v) is 23.0. The minimum Gasteiger partial charge on any atom is -0.335 e. The van der Waals surface area contributed by atoms with E-state index in [1.54, 1.807) is 0 Å². The number of nitrogens with zero attached hydrogens (tertiary/aromatic N) is 2. The third-order valence-corrected chi connectivity index (χ3v) is 10.1. The van der Waals surface area contributed by atoms with Gasteiger partial charge < -0.3 is 9.80 Å². The highest BCUT2D eigenvalue weighted by atomic mass is 32.1. The first-order valence-corrected chi connectivity index (χ1v) is 14.8. The summed E-state index contributed by atoms with van der Waals surface area (Å²) in [7, 11) is 0. The Morgan fingerprint density at radius 1 is 0.600 bits per heavy atom. The van der Waals surface area contributed by atoms with Gasteiger partial charge in [-0.15, -0.1) is 11.3 Å². The van der Waals surface area contributed by atoms with Crippen molar-refractivity contribution in [1.29, 1.82) is 0 Å². The van der Waals surface area contributed by atoms with Crippen molar-refractivity contribution < 1.29 is 0 Å². The summed E-state index contributed by atoms with van der Waals surface area (Å²) in [4.78, 5) is 6.45. The zero-order valence-electron chi connectivity index (χ0n) is 22.1. The zero-order chi connectivity index (χ0) is 26.4. The number of rotatable bonds is 1. The molecule has 0 amide bonds. The van der Waals surface area contributed by atoms with Gasteiger partial charge in [0.15, 0.2) is 0 Å². The molecule has 0 fully saturated rings. The predicted molar refractivity (Wildman–Crippen MR) is 167 cm³/mol. The number of hydrogen-bond acceptors (Lipinski definition) is 3. The number of anilines is 5.